The van der Waals surface area contributed by atoms with Gasteiger partial charge in [-0.05, 0) is 30.7 Å². The third kappa shape index (κ3) is 5.41. The predicted molar refractivity (Wildman–Crippen MR) is 153 cm³/mol. The highest BCUT2D eigenvalue weighted by Gasteiger charge is 2.23. The van der Waals surface area contributed by atoms with Crippen molar-refractivity contribution >= 4 is 34.4 Å². The Kier molecular flexibility index (Phi) is 7.20. The summed E-state index contributed by atoms with van der Waals surface area (Å²) in [5, 5.41) is 14.4. The zero-order chi connectivity index (χ0) is 27.6. The van der Waals surface area contributed by atoms with Gasteiger partial charge in [0.25, 0.3) is 5.56 Å². The van der Waals surface area contributed by atoms with Gasteiger partial charge in [0.2, 0.25) is 5.95 Å². The third-order valence-electron chi connectivity index (χ3n) is 7.01. The SMILES string of the molecule is Cc1nc(N2CCN(Cc3ncc[nH]3)CC2)nc2[nH]c(-c3c(NCC(O)c4cccc(Cl)c4)cc[nH]c3=O)nc12. The minimum Gasteiger partial charge on any atom is -0.387 e. The van der Waals surface area contributed by atoms with E-state index in [-0.39, 0.29) is 12.1 Å². The van der Waals surface area contributed by atoms with E-state index >= 15 is 0 Å². The lowest BCUT2D eigenvalue weighted by molar-refractivity contribution is 0.191. The first-order valence-electron chi connectivity index (χ1n) is 13.0. The molecule has 0 aliphatic carbocycles. The molecule has 4 aromatic heterocycles. The summed E-state index contributed by atoms with van der Waals surface area (Å²) in [6.45, 7) is 6.15. The summed E-state index contributed by atoms with van der Waals surface area (Å²) in [7, 11) is 0. The van der Waals surface area contributed by atoms with E-state index in [2.05, 4.69) is 40.0 Å². The van der Waals surface area contributed by atoms with Crippen LogP contribution in [-0.4, -0.2) is 77.6 Å². The van der Waals surface area contributed by atoms with E-state index in [4.69, 9.17) is 21.6 Å². The van der Waals surface area contributed by atoms with Crippen molar-refractivity contribution in [1.29, 1.82) is 0 Å². The van der Waals surface area contributed by atoms with E-state index in [1.807, 2.05) is 13.1 Å². The maximum absolute atomic E-state index is 12.9. The number of H-pyrrole nitrogens is 3. The predicted octanol–water partition coefficient (Wildman–Crippen LogP) is 2.86. The summed E-state index contributed by atoms with van der Waals surface area (Å²) >= 11 is 6.07. The Balaban J connectivity index is 1.21. The van der Waals surface area contributed by atoms with Crippen molar-refractivity contribution in [2.24, 2.45) is 0 Å². The first-order valence-corrected chi connectivity index (χ1v) is 13.4. The standard InChI is InChI=1S/C27H29ClN10O2/c1-16-23-25(36-27(33-16)38-11-9-37(10-12-38)15-21-29-7-8-30-21)35-24(34-23)22-19(5-6-31-26(22)40)32-14-20(39)17-3-2-4-18(28)13-17/h2-8,13,20,39H,9-12,14-15H2,1H3,(H,29,30)(H2,31,32,40)(H,33,34,35,36). The monoisotopic (exact) mass is 560 g/mol. The van der Waals surface area contributed by atoms with Crippen molar-refractivity contribution in [2.75, 3.05) is 42.9 Å². The van der Waals surface area contributed by atoms with Crippen LogP contribution >= 0.6 is 11.6 Å². The fraction of sp³-hybridized carbons (Fsp3) is 0.296. The third-order valence-corrected chi connectivity index (χ3v) is 7.24. The Labute approximate surface area is 234 Å². The maximum atomic E-state index is 12.9. The Hall–Kier alpha value is -4.26. The van der Waals surface area contributed by atoms with Gasteiger partial charge in [0.05, 0.1) is 24.0 Å². The molecule has 0 amide bonds. The average Bonchev–Trinajstić information content (AvgIpc) is 3.62. The number of aryl methyl sites for hydroxylation is 1. The molecule has 1 unspecified atom stereocenters. The lowest BCUT2D eigenvalue weighted by atomic mass is 10.1. The molecule has 5 aromatic rings. The molecule has 1 fully saturated rings. The summed E-state index contributed by atoms with van der Waals surface area (Å²) in [6, 6.07) is 8.78. The highest BCUT2D eigenvalue weighted by Crippen LogP contribution is 2.27. The van der Waals surface area contributed by atoms with Gasteiger partial charge in [0, 0.05) is 56.3 Å². The molecular weight excluding hydrogens is 532 g/mol. The number of imidazole rings is 2. The molecule has 5 N–H and O–H groups in total. The number of benzene rings is 1. The van der Waals surface area contributed by atoms with Crippen LogP contribution in [0, 0.1) is 6.92 Å². The number of rotatable bonds is 8. The van der Waals surface area contributed by atoms with E-state index in [0.717, 1.165) is 44.2 Å². The van der Waals surface area contributed by atoms with Crippen molar-refractivity contribution in [3.8, 4) is 11.4 Å². The molecule has 12 nitrogen and oxygen atoms in total. The Morgan fingerprint density at radius 1 is 1.10 bits per heavy atom. The van der Waals surface area contributed by atoms with Gasteiger partial charge in [0.15, 0.2) is 5.65 Å². The molecule has 5 heterocycles. The topological polar surface area (TPSA) is 155 Å². The number of aromatic nitrogens is 7. The molecule has 1 atom stereocenters. The smallest absolute Gasteiger partial charge is 0.261 e. The Bertz CT molecular complexity index is 1670. The molecular formula is C27H29ClN10O2. The fourth-order valence-electron chi connectivity index (χ4n) is 4.89. The summed E-state index contributed by atoms with van der Waals surface area (Å²) < 4.78 is 0. The quantitative estimate of drug-likeness (QED) is 0.193. The molecule has 1 saturated heterocycles. The van der Waals surface area contributed by atoms with Crippen LogP contribution in [0.2, 0.25) is 5.02 Å². The Morgan fingerprint density at radius 3 is 2.73 bits per heavy atom. The molecule has 0 bridgehead atoms. The lowest BCUT2D eigenvalue weighted by Crippen LogP contribution is -2.46. The van der Waals surface area contributed by atoms with Gasteiger partial charge in [-0.2, -0.15) is 4.98 Å². The van der Waals surface area contributed by atoms with Crippen LogP contribution in [0.5, 0.6) is 0 Å². The molecule has 13 heteroatoms. The van der Waals surface area contributed by atoms with E-state index < -0.39 is 6.10 Å². The van der Waals surface area contributed by atoms with Gasteiger partial charge in [-0.3, -0.25) is 9.69 Å². The van der Waals surface area contributed by atoms with Crippen molar-refractivity contribution in [3.63, 3.8) is 0 Å². The number of aliphatic hydroxyl groups excluding tert-OH is 1. The minimum absolute atomic E-state index is 0.173. The summed E-state index contributed by atoms with van der Waals surface area (Å²) in [5.41, 5.74) is 3.09. The number of piperazine rings is 1. The molecule has 40 heavy (non-hydrogen) atoms. The Morgan fingerprint density at radius 2 is 1.95 bits per heavy atom. The number of anilines is 2. The minimum atomic E-state index is -0.822. The van der Waals surface area contributed by atoms with Gasteiger partial charge >= 0.3 is 0 Å². The van der Waals surface area contributed by atoms with Crippen molar-refractivity contribution in [3.05, 3.63) is 81.4 Å². The first-order chi connectivity index (χ1) is 19.4. The molecule has 6 rings (SSSR count). The van der Waals surface area contributed by atoms with Crippen LogP contribution in [0.25, 0.3) is 22.6 Å². The van der Waals surface area contributed by atoms with Gasteiger partial charge < -0.3 is 30.3 Å². The van der Waals surface area contributed by atoms with Crippen molar-refractivity contribution in [1.82, 2.24) is 39.8 Å². The van der Waals surface area contributed by atoms with Gasteiger partial charge in [-0.1, -0.05) is 23.7 Å². The second-order valence-corrected chi connectivity index (χ2v) is 10.2. The zero-order valence-corrected chi connectivity index (χ0v) is 22.6. The number of nitrogens with one attached hydrogen (secondary N) is 4. The summed E-state index contributed by atoms with van der Waals surface area (Å²) in [5.74, 6) is 1.95. The highest BCUT2D eigenvalue weighted by atomic mass is 35.5. The molecule has 1 aliphatic heterocycles. The number of hydrogen-bond acceptors (Lipinski definition) is 9. The van der Waals surface area contributed by atoms with Crippen molar-refractivity contribution in [2.45, 2.75) is 19.6 Å². The van der Waals surface area contributed by atoms with Crippen LogP contribution in [0.15, 0.2) is 53.7 Å². The number of nitrogens with zero attached hydrogens (tertiary/aromatic N) is 6. The summed E-state index contributed by atoms with van der Waals surface area (Å²) in [6.07, 6.45) is 4.33. The average molecular weight is 561 g/mol. The van der Waals surface area contributed by atoms with Crippen LogP contribution in [0.1, 0.15) is 23.2 Å². The number of fused-ring (bicyclic) bond motifs is 1. The van der Waals surface area contributed by atoms with Gasteiger partial charge in [-0.25, -0.2) is 15.0 Å². The van der Waals surface area contributed by atoms with Crippen LogP contribution < -0.4 is 15.8 Å². The molecule has 0 saturated carbocycles. The van der Waals surface area contributed by atoms with Crippen LogP contribution in [-0.2, 0) is 6.54 Å². The fourth-order valence-corrected chi connectivity index (χ4v) is 5.09. The van der Waals surface area contributed by atoms with Gasteiger partial charge in [-0.15, -0.1) is 0 Å². The number of aromatic amines is 3. The summed E-state index contributed by atoms with van der Waals surface area (Å²) in [4.78, 5) is 45.0. The molecule has 206 valence electrons. The normalized spacial score (nSPS) is 15.0. The van der Waals surface area contributed by atoms with E-state index in [0.29, 0.717) is 44.8 Å². The first kappa shape index (κ1) is 26.0. The molecule has 1 aliphatic rings. The maximum Gasteiger partial charge on any atom is 0.261 e. The van der Waals surface area contributed by atoms with E-state index in [1.165, 1.54) is 0 Å². The zero-order valence-electron chi connectivity index (χ0n) is 21.9. The van der Waals surface area contributed by atoms with Crippen LogP contribution in [0.3, 0.4) is 0 Å². The van der Waals surface area contributed by atoms with Crippen molar-refractivity contribution < 1.29 is 5.11 Å². The number of hydrogen-bond donors (Lipinski definition) is 5. The number of halogens is 1. The van der Waals surface area contributed by atoms with Gasteiger partial charge in [0.1, 0.15) is 22.7 Å². The number of pyridine rings is 1. The number of aliphatic hydroxyl groups is 1. The second-order valence-electron chi connectivity index (χ2n) is 9.74. The highest BCUT2D eigenvalue weighted by molar-refractivity contribution is 6.30. The molecule has 0 spiro atoms. The van der Waals surface area contributed by atoms with E-state index in [1.54, 1.807) is 42.7 Å². The molecule has 0 radical (unpaired) electrons. The second kappa shape index (κ2) is 11.1. The van der Waals surface area contributed by atoms with Crippen LogP contribution in [0.4, 0.5) is 11.6 Å². The lowest BCUT2D eigenvalue weighted by Gasteiger charge is -2.34. The molecule has 1 aromatic carbocycles. The van der Waals surface area contributed by atoms with E-state index in [9.17, 15) is 9.90 Å². The largest absolute Gasteiger partial charge is 0.387 e.